The monoisotopic (exact) mass is 492 g/mol. The molecule has 1 aliphatic rings. The van der Waals surface area contributed by atoms with E-state index in [-0.39, 0.29) is 15.9 Å². The zero-order valence-electron chi connectivity index (χ0n) is 24.1. The highest BCUT2D eigenvalue weighted by Crippen LogP contribution is 2.53. The lowest BCUT2D eigenvalue weighted by Gasteiger charge is -2.48. The molecule has 1 heteroatoms. The summed E-state index contributed by atoms with van der Waals surface area (Å²) in [5.74, 6) is 0. The number of rotatable bonds is 4. The van der Waals surface area contributed by atoms with E-state index < -0.39 is 8.07 Å². The van der Waals surface area contributed by atoms with Gasteiger partial charge >= 0.3 is 0 Å². The summed E-state index contributed by atoms with van der Waals surface area (Å²) in [5, 5.41) is 4.37. The van der Waals surface area contributed by atoms with Crippen LogP contribution < -0.4 is 15.6 Å². The Balaban J connectivity index is 2.27. The molecule has 1 aliphatic carbocycles. The summed E-state index contributed by atoms with van der Waals surface area (Å²) >= 11 is 0. The van der Waals surface area contributed by atoms with Crippen molar-refractivity contribution in [2.75, 3.05) is 0 Å². The molecule has 0 N–H and O–H groups in total. The zero-order valence-corrected chi connectivity index (χ0v) is 25.1. The average molecular weight is 493 g/mol. The van der Waals surface area contributed by atoms with Crippen LogP contribution in [-0.2, 0) is 10.8 Å². The van der Waals surface area contributed by atoms with E-state index in [1.54, 1.807) is 0 Å². The van der Waals surface area contributed by atoms with Crippen molar-refractivity contribution in [3.05, 3.63) is 113 Å². The van der Waals surface area contributed by atoms with Crippen molar-refractivity contribution in [3.8, 4) is 0 Å². The van der Waals surface area contributed by atoms with Gasteiger partial charge in [-0.3, -0.25) is 0 Å². The molecule has 0 aromatic heterocycles. The van der Waals surface area contributed by atoms with Crippen molar-refractivity contribution < 1.29 is 0 Å². The molecule has 1 atom stereocenters. The minimum atomic E-state index is -2.62. The molecule has 0 fully saturated rings. The van der Waals surface area contributed by atoms with E-state index in [0.29, 0.717) is 0 Å². The van der Waals surface area contributed by atoms with E-state index in [0.717, 1.165) is 0 Å². The predicted octanol–water partition coefficient (Wildman–Crippen LogP) is 7.81. The van der Waals surface area contributed by atoms with Gasteiger partial charge in [-0.1, -0.05) is 145 Å². The number of hydrogen-bond donors (Lipinski definition) is 0. The summed E-state index contributed by atoms with van der Waals surface area (Å²) in [4.78, 5) is 0. The van der Waals surface area contributed by atoms with Gasteiger partial charge in [0, 0.05) is 5.04 Å². The van der Waals surface area contributed by atoms with Crippen LogP contribution in [0, 0.1) is 0 Å². The number of hydrogen-bond acceptors (Lipinski definition) is 0. The summed E-state index contributed by atoms with van der Waals surface area (Å²) in [7, 11) is -2.62. The van der Waals surface area contributed by atoms with Crippen molar-refractivity contribution in [1.82, 2.24) is 0 Å². The van der Waals surface area contributed by atoms with Crippen molar-refractivity contribution >= 4 is 23.6 Å². The molecule has 3 aromatic rings. The number of benzene rings is 3. The molecular formula is C35H44Si. The lowest BCUT2D eigenvalue weighted by molar-refractivity contribution is 0.569. The van der Waals surface area contributed by atoms with Crippen molar-refractivity contribution in [3.63, 3.8) is 0 Å². The summed E-state index contributed by atoms with van der Waals surface area (Å²) in [6.45, 7) is 23.6. The number of allylic oxidation sites excluding steroid dienone is 4. The molecular weight excluding hydrogens is 448 g/mol. The highest BCUT2D eigenvalue weighted by Gasteiger charge is 2.56. The van der Waals surface area contributed by atoms with Gasteiger partial charge in [0.05, 0.1) is 0 Å². The maximum Gasteiger partial charge on any atom is 0.161 e. The molecule has 0 amide bonds. The summed E-state index contributed by atoms with van der Waals surface area (Å²) < 4.78 is 0. The van der Waals surface area contributed by atoms with Gasteiger partial charge in [0.25, 0.3) is 0 Å². The average Bonchev–Trinajstić information content (AvgIpc) is 3.03. The van der Waals surface area contributed by atoms with Gasteiger partial charge < -0.3 is 0 Å². The van der Waals surface area contributed by atoms with Gasteiger partial charge in [-0.15, -0.1) is 0 Å². The van der Waals surface area contributed by atoms with Crippen molar-refractivity contribution in [2.45, 2.75) is 85.1 Å². The Morgan fingerprint density at radius 3 is 1.33 bits per heavy atom. The molecule has 188 valence electrons. The molecule has 0 heterocycles. The minimum Gasteiger partial charge on any atom is -0.0730 e. The van der Waals surface area contributed by atoms with E-state index in [1.807, 2.05) is 0 Å². The third-order valence-electron chi connectivity index (χ3n) is 8.73. The molecule has 4 rings (SSSR count). The summed E-state index contributed by atoms with van der Waals surface area (Å²) in [6.07, 6.45) is 2.60. The molecule has 0 saturated heterocycles. The first-order chi connectivity index (χ1) is 16.7. The molecule has 0 radical (unpaired) electrons. The van der Waals surface area contributed by atoms with Crippen LogP contribution in [0.5, 0.6) is 0 Å². The first-order valence-corrected chi connectivity index (χ1v) is 15.4. The van der Waals surface area contributed by atoms with E-state index in [1.165, 1.54) is 43.4 Å². The third kappa shape index (κ3) is 4.16. The van der Waals surface area contributed by atoms with Crippen LogP contribution in [-0.4, -0.2) is 8.07 Å². The standard InChI is InChI=1S/C35H44Si/c1-25-24-35(10,27(3)26(25)2)36(30-17-13-11-14-18-30,31-19-15-12-16-20-31)32-22-28(33(4,5)6)21-29(23-32)34(7,8)9/h11-24H,1-10H3. The molecule has 0 aliphatic heterocycles. The summed E-state index contributed by atoms with van der Waals surface area (Å²) in [5.41, 5.74) is 7.35. The first kappa shape index (κ1) is 26.4. The molecule has 0 saturated carbocycles. The van der Waals surface area contributed by atoms with Crippen LogP contribution in [0.2, 0.25) is 5.04 Å². The second kappa shape index (κ2) is 9.03. The van der Waals surface area contributed by atoms with Gasteiger partial charge in [-0.2, -0.15) is 0 Å². The van der Waals surface area contributed by atoms with Crippen LogP contribution >= 0.6 is 0 Å². The lowest BCUT2D eigenvalue weighted by Crippen LogP contribution is -2.73. The summed E-state index contributed by atoms with van der Waals surface area (Å²) in [6, 6.07) is 30.4. The largest absolute Gasteiger partial charge is 0.161 e. The fourth-order valence-electron chi connectivity index (χ4n) is 6.21. The lowest BCUT2D eigenvalue weighted by atomic mass is 9.81. The normalized spacial score (nSPS) is 19.0. The Labute approximate surface area is 221 Å². The third-order valence-corrected chi connectivity index (χ3v) is 14.4. The zero-order chi connectivity index (χ0) is 26.5. The van der Waals surface area contributed by atoms with Crippen LogP contribution in [0.4, 0.5) is 0 Å². The fourth-order valence-corrected chi connectivity index (χ4v) is 12.3. The van der Waals surface area contributed by atoms with Gasteiger partial charge in [0.15, 0.2) is 8.07 Å². The Morgan fingerprint density at radius 2 is 1.00 bits per heavy atom. The van der Waals surface area contributed by atoms with Gasteiger partial charge in [-0.25, -0.2) is 0 Å². The highest BCUT2D eigenvalue weighted by atomic mass is 28.3. The van der Waals surface area contributed by atoms with E-state index in [2.05, 4.69) is 154 Å². The van der Waals surface area contributed by atoms with E-state index >= 15 is 0 Å². The SMILES string of the molecule is CC1=CC(C)([Si](c2ccccc2)(c2ccccc2)c2cc(C(C)(C)C)cc(C(C)(C)C)c2)C(C)=C1C. The molecule has 0 nitrogen and oxygen atoms in total. The van der Waals surface area contributed by atoms with Gasteiger partial charge in [-0.05, 0) is 63.9 Å². The van der Waals surface area contributed by atoms with Gasteiger partial charge in [0.2, 0.25) is 0 Å². The smallest absolute Gasteiger partial charge is 0.0730 e. The van der Waals surface area contributed by atoms with Gasteiger partial charge in [0.1, 0.15) is 0 Å². The Morgan fingerprint density at radius 1 is 0.583 bits per heavy atom. The van der Waals surface area contributed by atoms with E-state index in [9.17, 15) is 0 Å². The maximum absolute atomic E-state index is 2.62. The molecule has 1 unspecified atom stereocenters. The molecule has 0 bridgehead atoms. The van der Waals surface area contributed by atoms with Crippen LogP contribution in [0.25, 0.3) is 0 Å². The first-order valence-electron chi connectivity index (χ1n) is 13.4. The minimum absolute atomic E-state index is 0.0622. The maximum atomic E-state index is 2.60. The van der Waals surface area contributed by atoms with E-state index in [4.69, 9.17) is 0 Å². The topological polar surface area (TPSA) is 0 Å². The second-order valence-electron chi connectivity index (χ2n) is 13.1. The quantitative estimate of drug-likeness (QED) is 0.257. The highest BCUT2D eigenvalue weighted by molar-refractivity contribution is 7.14. The molecule has 36 heavy (non-hydrogen) atoms. The van der Waals surface area contributed by atoms with Crippen molar-refractivity contribution in [2.24, 2.45) is 0 Å². The van der Waals surface area contributed by atoms with Crippen LogP contribution in [0.1, 0.15) is 80.4 Å². The molecule has 0 spiro atoms. The Kier molecular flexibility index (Phi) is 6.63. The Hall–Kier alpha value is -2.64. The van der Waals surface area contributed by atoms with Crippen molar-refractivity contribution in [1.29, 1.82) is 0 Å². The Bertz CT molecular complexity index is 1240. The fraction of sp³-hybridized carbons (Fsp3) is 0.371. The van der Waals surface area contributed by atoms with Crippen LogP contribution in [0.15, 0.2) is 102 Å². The molecule has 3 aromatic carbocycles. The second-order valence-corrected chi connectivity index (χ2v) is 17.3. The van der Waals surface area contributed by atoms with Crippen LogP contribution in [0.3, 0.4) is 0 Å². The predicted molar refractivity (Wildman–Crippen MR) is 162 cm³/mol.